The summed E-state index contributed by atoms with van der Waals surface area (Å²) in [6, 6.07) is 12.8. The Kier molecular flexibility index (Phi) is 9.15. The van der Waals surface area contributed by atoms with E-state index in [4.69, 9.17) is 19.6 Å². The maximum atomic E-state index is 13.7. The SMILES string of the molecule is CCCCSc1nc2n(n1)C(c1cc(Br)c(OCC)c(OCC)c1)C(C(=O)Nc1ccccc1)=C(C)N2. The summed E-state index contributed by atoms with van der Waals surface area (Å²) in [5.74, 6) is 2.55. The number of nitrogens with one attached hydrogen (secondary N) is 2. The molecule has 10 heteroatoms. The van der Waals surface area contributed by atoms with Crippen molar-refractivity contribution >= 4 is 45.2 Å². The fraction of sp³-hybridized carbons (Fsp3) is 0.370. The van der Waals surface area contributed by atoms with Crippen LogP contribution >= 0.6 is 27.7 Å². The lowest BCUT2D eigenvalue weighted by atomic mass is 9.94. The number of nitrogens with zero attached hydrogens (tertiary/aromatic N) is 3. The van der Waals surface area contributed by atoms with E-state index in [9.17, 15) is 4.79 Å². The Labute approximate surface area is 230 Å². The van der Waals surface area contributed by atoms with Crippen molar-refractivity contribution in [2.75, 3.05) is 29.6 Å². The van der Waals surface area contributed by atoms with Crippen molar-refractivity contribution in [3.05, 3.63) is 63.8 Å². The first kappa shape index (κ1) is 27.1. The van der Waals surface area contributed by atoms with E-state index in [2.05, 4.69) is 33.5 Å². The Bertz CT molecular complexity index is 1280. The van der Waals surface area contributed by atoms with Gasteiger partial charge in [-0.1, -0.05) is 43.3 Å². The third-order valence-corrected chi connectivity index (χ3v) is 7.29. The number of anilines is 2. The fourth-order valence-corrected chi connectivity index (χ4v) is 5.60. The number of rotatable bonds is 11. The van der Waals surface area contributed by atoms with Crippen molar-refractivity contribution in [3.63, 3.8) is 0 Å². The molecule has 1 amide bonds. The van der Waals surface area contributed by atoms with Gasteiger partial charge in [0.2, 0.25) is 11.1 Å². The van der Waals surface area contributed by atoms with Gasteiger partial charge in [0.1, 0.15) is 6.04 Å². The normalized spacial score (nSPS) is 14.7. The molecule has 1 atom stereocenters. The van der Waals surface area contributed by atoms with Crippen molar-refractivity contribution in [1.29, 1.82) is 0 Å². The molecule has 2 heterocycles. The Morgan fingerprint density at radius 2 is 1.92 bits per heavy atom. The van der Waals surface area contributed by atoms with Crippen LogP contribution in [0.4, 0.5) is 11.6 Å². The summed E-state index contributed by atoms with van der Waals surface area (Å²) in [5, 5.41) is 11.8. The standard InChI is InChI=1S/C27H32BrN5O3S/c1-5-8-14-37-27-31-26-29-17(4)22(25(34)30-19-12-10-9-11-13-19)23(33(26)32-27)18-15-20(28)24(36-7-3)21(16-18)35-6-2/h9-13,15-16,23H,5-8,14H2,1-4H3,(H,30,34)(H,29,31,32). The minimum Gasteiger partial charge on any atom is -0.490 e. The zero-order chi connectivity index (χ0) is 26.4. The lowest BCUT2D eigenvalue weighted by Gasteiger charge is -2.29. The summed E-state index contributed by atoms with van der Waals surface area (Å²) in [4.78, 5) is 18.4. The Morgan fingerprint density at radius 3 is 2.62 bits per heavy atom. The number of unbranched alkanes of at least 4 members (excludes halogenated alkanes) is 1. The number of amides is 1. The molecular formula is C27H32BrN5O3S. The largest absolute Gasteiger partial charge is 0.490 e. The highest BCUT2D eigenvalue weighted by Gasteiger charge is 2.35. The van der Waals surface area contributed by atoms with Gasteiger partial charge < -0.3 is 20.1 Å². The second-order valence-electron chi connectivity index (χ2n) is 8.45. The zero-order valence-corrected chi connectivity index (χ0v) is 23.9. The highest BCUT2D eigenvalue weighted by atomic mass is 79.9. The van der Waals surface area contributed by atoms with E-state index in [1.807, 2.05) is 63.2 Å². The number of allylic oxidation sites excluding steroid dienone is 1. The molecule has 2 N–H and O–H groups in total. The van der Waals surface area contributed by atoms with Crippen molar-refractivity contribution in [2.24, 2.45) is 0 Å². The highest BCUT2D eigenvalue weighted by molar-refractivity contribution is 9.10. The molecule has 0 saturated carbocycles. The number of carbonyl (C=O) groups excluding carboxylic acids is 1. The van der Waals surface area contributed by atoms with Gasteiger partial charge in [-0.15, -0.1) is 5.10 Å². The molecule has 2 aromatic carbocycles. The summed E-state index contributed by atoms with van der Waals surface area (Å²) in [6.45, 7) is 8.89. The van der Waals surface area contributed by atoms with Gasteiger partial charge in [-0.3, -0.25) is 4.79 Å². The quantitative estimate of drug-likeness (QED) is 0.192. The highest BCUT2D eigenvalue weighted by Crippen LogP contribution is 2.43. The topological polar surface area (TPSA) is 90.3 Å². The zero-order valence-electron chi connectivity index (χ0n) is 21.5. The molecular weight excluding hydrogens is 554 g/mol. The molecule has 196 valence electrons. The minimum atomic E-state index is -0.529. The van der Waals surface area contributed by atoms with Crippen LogP contribution < -0.4 is 20.1 Å². The number of hydrogen-bond acceptors (Lipinski definition) is 7. The van der Waals surface area contributed by atoms with Crippen LogP contribution in [0.3, 0.4) is 0 Å². The number of para-hydroxylation sites is 1. The molecule has 4 rings (SSSR count). The van der Waals surface area contributed by atoms with E-state index in [0.29, 0.717) is 47.1 Å². The smallest absolute Gasteiger partial charge is 0.255 e. The first-order valence-corrected chi connectivity index (χ1v) is 14.3. The summed E-state index contributed by atoms with van der Waals surface area (Å²) in [7, 11) is 0. The molecule has 37 heavy (non-hydrogen) atoms. The van der Waals surface area contributed by atoms with Crippen molar-refractivity contribution < 1.29 is 14.3 Å². The van der Waals surface area contributed by atoms with E-state index in [1.165, 1.54) is 0 Å². The molecule has 0 spiro atoms. The Morgan fingerprint density at radius 1 is 1.16 bits per heavy atom. The first-order chi connectivity index (χ1) is 18.0. The molecule has 8 nitrogen and oxygen atoms in total. The molecule has 3 aromatic rings. The van der Waals surface area contributed by atoms with Gasteiger partial charge in [-0.25, -0.2) is 4.68 Å². The second kappa shape index (κ2) is 12.5. The van der Waals surface area contributed by atoms with Gasteiger partial charge in [0.15, 0.2) is 11.5 Å². The van der Waals surface area contributed by atoms with Gasteiger partial charge >= 0.3 is 0 Å². The molecule has 0 fully saturated rings. The summed E-state index contributed by atoms with van der Waals surface area (Å²) < 4.78 is 14.3. The van der Waals surface area contributed by atoms with Crippen molar-refractivity contribution in [2.45, 2.75) is 51.7 Å². The number of ether oxygens (including phenoxy) is 2. The number of thioether (sulfide) groups is 1. The predicted octanol–water partition coefficient (Wildman–Crippen LogP) is 6.66. The molecule has 1 aliphatic heterocycles. The molecule has 1 aromatic heterocycles. The number of aromatic nitrogens is 3. The van der Waals surface area contributed by atoms with Crippen LogP contribution in [-0.2, 0) is 4.79 Å². The van der Waals surface area contributed by atoms with Crippen molar-refractivity contribution in [3.8, 4) is 11.5 Å². The van der Waals surface area contributed by atoms with E-state index in [-0.39, 0.29) is 5.91 Å². The number of carbonyl (C=O) groups is 1. The third-order valence-electron chi connectivity index (χ3n) is 5.77. The van der Waals surface area contributed by atoms with E-state index in [1.54, 1.807) is 16.4 Å². The minimum absolute atomic E-state index is 0.217. The van der Waals surface area contributed by atoms with Gasteiger partial charge in [0.25, 0.3) is 5.91 Å². The third kappa shape index (κ3) is 6.13. The maximum Gasteiger partial charge on any atom is 0.255 e. The van der Waals surface area contributed by atoms with Crippen LogP contribution in [0.1, 0.15) is 52.1 Å². The summed E-state index contributed by atoms with van der Waals surface area (Å²) in [5.41, 5.74) is 2.81. The molecule has 1 aliphatic rings. The number of halogens is 1. The van der Waals surface area contributed by atoms with Crippen LogP contribution in [0.5, 0.6) is 11.5 Å². The van der Waals surface area contributed by atoms with Crippen LogP contribution in [0, 0.1) is 0 Å². The lowest BCUT2D eigenvalue weighted by molar-refractivity contribution is -0.113. The van der Waals surface area contributed by atoms with Gasteiger partial charge in [0.05, 0.1) is 23.3 Å². The monoisotopic (exact) mass is 585 g/mol. The van der Waals surface area contributed by atoms with Crippen LogP contribution in [-0.4, -0.2) is 39.6 Å². The predicted molar refractivity (Wildman–Crippen MR) is 152 cm³/mol. The molecule has 0 bridgehead atoms. The van der Waals surface area contributed by atoms with Crippen LogP contribution in [0.25, 0.3) is 0 Å². The molecule has 0 saturated heterocycles. The van der Waals surface area contributed by atoms with Crippen LogP contribution in [0.15, 0.2) is 63.4 Å². The molecule has 1 unspecified atom stereocenters. The fourth-order valence-electron chi connectivity index (χ4n) is 4.12. The Hall–Kier alpha value is -2.98. The maximum absolute atomic E-state index is 13.7. The first-order valence-electron chi connectivity index (χ1n) is 12.5. The lowest BCUT2D eigenvalue weighted by Crippen LogP contribution is -2.31. The van der Waals surface area contributed by atoms with Gasteiger partial charge in [-0.05, 0) is 73.0 Å². The van der Waals surface area contributed by atoms with E-state index < -0.39 is 6.04 Å². The average Bonchev–Trinajstić information content (AvgIpc) is 3.28. The number of benzene rings is 2. The number of fused-ring (bicyclic) bond motifs is 1. The summed E-state index contributed by atoms with van der Waals surface area (Å²) >= 11 is 5.28. The second-order valence-corrected chi connectivity index (χ2v) is 10.4. The average molecular weight is 587 g/mol. The van der Waals surface area contributed by atoms with Gasteiger partial charge in [0, 0.05) is 17.1 Å². The molecule has 0 radical (unpaired) electrons. The van der Waals surface area contributed by atoms with E-state index in [0.717, 1.165) is 34.3 Å². The Balaban J connectivity index is 1.81. The number of hydrogen-bond donors (Lipinski definition) is 2. The van der Waals surface area contributed by atoms with Gasteiger partial charge in [-0.2, -0.15) is 4.98 Å². The van der Waals surface area contributed by atoms with E-state index >= 15 is 0 Å². The summed E-state index contributed by atoms with van der Waals surface area (Å²) in [6.07, 6.45) is 2.18. The molecule has 0 aliphatic carbocycles. The van der Waals surface area contributed by atoms with Crippen LogP contribution in [0.2, 0.25) is 0 Å². The van der Waals surface area contributed by atoms with Crippen molar-refractivity contribution in [1.82, 2.24) is 14.8 Å².